The minimum atomic E-state index is -2.45. The van der Waals surface area contributed by atoms with Gasteiger partial charge in [0.2, 0.25) is 0 Å². The zero-order valence-electron chi connectivity index (χ0n) is 25.0. The summed E-state index contributed by atoms with van der Waals surface area (Å²) >= 11 is 17.4. The normalized spacial score (nSPS) is 37.3. The summed E-state index contributed by atoms with van der Waals surface area (Å²) in [4.78, 5) is 48.7. The van der Waals surface area contributed by atoms with Crippen molar-refractivity contribution in [2.45, 2.75) is 125 Å². The van der Waals surface area contributed by atoms with Crippen molar-refractivity contribution in [1.29, 1.82) is 0 Å². The van der Waals surface area contributed by atoms with Crippen molar-refractivity contribution < 1.29 is 66.5 Å². The molecule has 0 aromatic rings. The zero-order chi connectivity index (χ0) is 32.8. The highest BCUT2D eigenvalue weighted by molar-refractivity contribution is 6.76. The van der Waals surface area contributed by atoms with Crippen LogP contribution < -0.4 is 5.32 Å². The molecule has 0 radical (unpaired) electrons. The standard InChI is InChI=1S/C26H36Cl3NO14/c1-10(31)35-8-13-16(37-11(2)32)18(38-12(3)33)15(30-23(34)26(27,28)29)21(39-13)36-9-14-17-19(42-24(4,5)41-17)20-22(40-14)44-25(6,7)43-20/h13-22H,8-9H2,1-7H3,(H,30,34)/t13-,14-,15+,16-,17+,18+,19+,20-,21+,22-/m1/s1. The third-order valence-corrected chi connectivity index (χ3v) is 7.45. The summed E-state index contributed by atoms with van der Waals surface area (Å²) < 4.78 is 56.1. The van der Waals surface area contributed by atoms with Crippen LogP contribution in [-0.2, 0) is 66.5 Å². The average molecular weight is 693 g/mol. The molecule has 44 heavy (non-hydrogen) atoms. The van der Waals surface area contributed by atoms with Crippen LogP contribution in [0.1, 0.15) is 48.5 Å². The van der Waals surface area contributed by atoms with E-state index in [9.17, 15) is 19.2 Å². The summed E-state index contributed by atoms with van der Waals surface area (Å²) in [6, 6.07) is -1.41. The Balaban J connectivity index is 1.64. The number of amides is 1. The lowest BCUT2D eigenvalue weighted by atomic mass is 9.95. The lowest BCUT2D eigenvalue weighted by Crippen LogP contribution is -2.68. The molecule has 4 aliphatic heterocycles. The van der Waals surface area contributed by atoms with Gasteiger partial charge in [0.15, 0.2) is 36.4 Å². The van der Waals surface area contributed by atoms with Gasteiger partial charge in [0.05, 0.1) is 6.61 Å². The molecule has 10 atom stereocenters. The van der Waals surface area contributed by atoms with E-state index in [0.29, 0.717) is 0 Å². The molecule has 4 aliphatic rings. The number of hydrogen-bond donors (Lipinski definition) is 1. The smallest absolute Gasteiger partial charge is 0.303 e. The molecule has 0 spiro atoms. The summed E-state index contributed by atoms with van der Waals surface area (Å²) in [5.41, 5.74) is 0. The second-order valence-electron chi connectivity index (χ2n) is 11.5. The molecule has 0 bridgehead atoms. The summed E-state index contributed by atoms with van der Waals surface area (Å²) in [5.74, 6) is -5.33. The number of rotatable bonds is 8. The minimum absolute atomic E-state index is 0.246. The van der Waals surface area contributed by atoms with Gasteiger partial charge in [-0.1, -0.05) is 34.8 Å². The van der Waals surface area contributed by atoms with Gasteiger partial charge in [-0.05, 0) is 27.7 Å². The van der Waals surface area contributed by atoms with Crippen LogP contribution in [-0.4, -0.2) is 114 Å². The second kappa shape index (κ2) is 13.3. The molecule has 250 valence electrons. The fraction of sp³-hybridized carbons (Fsp3) is 0.846. The van der Waals surface area contributed by atoms with Gasteiger partial charge in [0, 0.05) is 20.8 Å². The average Bonchev–Trinajstić information content (AvgIpc) is 3.36. The topological polar surface area (TPSA) is 173 Å². The molecule has 18 heteroatoms. The van der Waals surface area contributed by atoms with Crippen molar-refractivity contribution in [3.05, 3.63) is 0 Å². The molecule has 4 rings (SSSR count). The summed E-state index contributed by atoms with van der Waals surface area (Å²) in [6.45, 7) is 9.65. The fourth-order valence-corrected chi connectivity index (χ4v) is 5.61. The molecular weight excluding hydrogens is 657 g/mol. The highest BCUT2D eigenvalue weighted by Crippen LogP contribution is 2.44. The van der Waals surface area contributed by atoms with Crippen LogP contribution in [0.15, 0.2) is 0 Å². The third kappa shape index (κ3) is 8.43. The maximum atomic E-state index is 12.8. The predicted molar refractivity (Wildman–Crippen MR) is 147 cm³/mol. The first-order chi connectivity index (χ1) is 20.3. The van der Waals surface area contributed by atoms with Gasteiger partial charge in [0.25, 0.3) is 9.70 Å². The van der Waals surface area contributed by atoms with Gasteiger partial charge in [-0.15, -0.1) is 0 Å². The lowest BCUT2D eigenvalue weighted by Gasteiger charge is -2.45. The Labute approximate surface area is 268 Å². The number of carbonyl (C=O) groups is 4. The largest absolute Gasteiger partial charge is 0.463 e. The number of hydrogen-bond acceptors (Lipinski definition) is 14. The Kier molecular flexibility index (Phi) is 10.7. The van der Waals surface area contributed by atoms with Crippen molar-refractivity contribution >= 4 is 58.6 Å². The van der Waals surface area contributed by atoms with Crippen molar-refractivity contribution in [2.75, 3.05) is 13.2 Å². The van der Waals surface area contributed by atoms with Gasteiger partial charge < -0.3 is 52.7 Å². The van der Waals surface area contributed by atoms with E-state index in [4.69, 9.17) is 82.2 Å². The van der Waals surface area contributed by atoms with Crippen molar-refractivity contribution in [1.82, 2.24) is 5.32 Å². The number of fused-ring (bicyclic) bond motifs is 3. The Bertz CT molecular complexity index is 1120. The first kappa shape index (κ1) is 35.3. The van der Waals surface area contributed by atoms with Crippen LogP contribution in [0, 0.1) is 0 Å². The summed E-state index contributed by atoms with van der Waals surface area (Å²) in [6.07, 6.45) is -9.04. The molecular formula is C26H36Cl3NO14. The summed E-state index contributed by atoms with van der Waals surface area (Å²) in [7, 11) is 0. The Morgan fingerprint density at radius 2 is 1.30 bits per heavy atom. The molecule has 4 saturated heterocycles. The maximum Gasteiger partial charge on any atom is 0.303 e. The molecule has 15 nitrogen and oxygen atoms in total. The van der Waals surface area contributed by atoms with E-state index in [-0.39, 0.29) is 6.61 Å². The molecule has 0 unspecified atom stereocenters. The number of esters is 3. The quantitative estimate of drug-likeness (QED) is 0.220. The van der Waals surface area contributed by atoms with Crippen molar-refractivity contribution in [3.8, 4) is 0 Å². The summed E-state index contributed by atoms with van der Waals surface area (Å²) in [5, 5.41) is 2.45. The molecule has 1 N–H and O–H groups in total. The van der Waals surface area contributed by atoms with E-state index in [0.717, 1.165) is 20.8 Å². The minimum Gasteiger partial charge on any atom is -0.463 e. The number of carbonyl (C=O) groups excluding carboxylic acids is 4. The van der Waals surface area contributed by atoms with E-state index in [1.54, 1.807) is 27.7 Å². The van der Waals surface area contributed by atoms with Crippen LogP contribution in [0.4, 0.5) is 0 Å². The number of halogens is 3. The van der Waals surface area contributed by atoms with Crippen molar-refractivity contribution in [3.63, 3.8) is 0 Å². The van der Waals surface area contributed by atoms with Crippen molar-refractivity contribution in [2.24, 2.45) is 0 Å². The van der Waals surface area contributed by atoms with Crippen LogP contribution in [0.2, 0.25) is 0 Å². The van der Waals surface area contributed by atoms with E-state index >= 15 is 0 Å². The SMILES string of the molecule is CC(=O)OC[C@H]1O[C@H](OC[C@H]2O[C@@H]3OC(C)(C)O[C@@H]3[C@H]3OC(C)(C)O[C@H]32)[C@@H](NC(=O)C(Cl)(Cl)Cl)[C@H](OC(C)=O)[C@@H]1OC(C)=O. The number of ether oxygens (including phenoxy) is 10. The number of nitrogens with one attached hydrogen (secondary N) is 1. The Hall–Kier alpha value is -1.53. The van der Waals surface area contributed by atoms with Crippen LogP contribution in [0.3, 0.4) is 0 Å². The van der Waals surface area contributed by atoms with E-state index in [1.165, 1.54) is 0 Å². The van der Waals surface area contributed by atoms with Gasteiger partial charge in [-0.25, -0.2) is 0 Å². The molecule has 1 amide bonds. The first-order valence-corrected chi connectivity index (χ1v) is 14.9. The second-order valence-corrected chi connectivity index (χ2v) is 13.8. The van der Waals surface area contributed by atoms with Crippen LogP contribution >= 0.6 is 34.8 Å². The fourth-order valence-electron chi connectivity index (χ4n) is 5.45. The Morgan fingerprint density at radius 1 is 0.727 bits per heavy atom. The highest BCUT2D eigenvalue weighted by atomic mass is 35.6. The Morgan fingerprint density at radius 3 is 1.89 bits per heavy atom. The molecule has 0 aromatic carbocycles. The maximum absolute atomic E-state index is 12.8. The first-order valence-electron chi connectivity index (χ1n) is 13.8. The van der Waals surface area contributed by atoms with Gasteiger partial charge in [-0.2, -0.15) is 0 Å². The predicted octanol–water partition coefficient (Wildman–Crippen LogP) is 1.41. The molecule has 4 heterocycles. The van der Waals surface area contributed by atoms with E-state index in [1.807, 2.05) is 0 Å². The molecule has 0 aromatic heterocycles. The zero-order valence-corrected chi connectivity index (χ0v) is 27.3. The van der Waals surface area contributed by atoms with E-state index in [2.05, 4.69) is 5.32 Å². The lowest BCUT2D eigenvalue weighted by molar-refractivity contribution is -0.296. The van der Waals surface area contributed by atoms with Crippen LogP contribution in [0.25, 0.3) is 0 Å². The third-order valence-electron chi connectivity index (χ3n) is 6.93. The van der Waals surface area contributed by atoms with Gasteiger partial charge in [0.1, 0.15) is 43.2 Å². The molecule has 4 fully saturated rings. The molecule has 0 aliphatic carbocycles. The highest BCUT2D eigenvalue weighted by Gasteiger charge is 2.61. The van der Waals surface area contributed by atoms with Crippen LogP contribution in [0.5, 0.6) is 0 Å². The monoisotopic (exact) mass is 691 g/mol. The van der Waals surface area contributed by atoms with E-state index < -0.39 is 107 Å². The van der Waals surface area contributed by atoms with Gasteiger partial charge >= 0.3 is 17.9 Å². The van der Waals surface area contributed by atoms with Gasteiger partial charge in [-0.3, -0.25) is 19.2 Å². The molecule has 0 saturated carbocycles. The number of alkyl halides is 3.